The number of hydrogen-bond acceptors (Lipinski definition) is 5. The number of carbonyl (C=O) groups excluding carboxylic acids is 1. The molecule has 0 unspecified atom stereocenters. The second-order valence-electron chi connectivity index (χ2n) is 4.95. The van der Waals surface area contributed by atoms with Crippen LogP contribution < -0.4 is 4.72 Å². The molecule has 0 radical (unpaired) electrons. The van der Waals surface area contributed by atoms with Gasteiger partial charge in [0, 0.05) is 18.1 Å². The third kappa shape index (κ3) is 4.66. The Kier molecular flexibility index (Phi) is 5.93. The van der Waals surface area contributed by atoms with Gasteiger partial charge in [0.1, 0.15) is 0 Å². The van der Waals surface area contributed by atoms with E-state index in [0.29, 0.717) is 18.9 Å². The molecule has 24 heavy (non-hydrogen) atoms. The van der Waals surface area contributed by atoms with Gasteiger partial charge in [0.15, 0.2) is 0 Å². The molecule has 11 heteroatoms. The quantitative estimate of drug-likeness (QED) is 0.614. The van der Waals surface area contributed by atoms with Gasteiger partial charge in [0.25, 0.3) is 15.7 Å². The van der Waals surface area contributed by atoms with E-state index in [1.54, 1.807) is 18.6 Å². The fraction of sp³-hybridized carbons (Fsp3) is 0.462. The Bertz CT molecular complexity index is 742. The van der Waals surface area contributed by atoms with E-state index >= 15 is 0 Å². The maximum atomic E-state index is 12.8. The molecule has 7 nitrogen and oxygen atoms in total. The van der Waals surface area contributed by atoms with Crippen molar-refractivity contribution in [3.8, 4) is 0 Å². The monoisotopic (exact) mass is 368 g/mol. The van der Waals surface area contributed by atoms with Crippen molar-refractivity contribution >= 4 is 21.6 Å². The molecule has 0 aromatic heterocycles. The molecule has 0 bridgehead atoms. The number of amides is 1. The Hall–Kier alpha value is -2.17. The van der Waals surface area contributed by atoms with Crippen molar-refractivity contribution in [1.82, 2.24) is 4.72 Å². The lowest BCUT2D eigenvalue weighted by atomic mass is 10.0. The lowest BCUT2D eigenvalue weighted by Crippen LogP contribution is -2.35. The van der Waals surface area contributed by atoms with Crippen LogP contribution in [-0.4, -0.2) is 19.2 Å². The van der Waals surface area contributed by atoms with Crippen LogP contribution in [0.15, 0.2) is 23.1 Å². The molecule has 1 aromatic rings. The molecule has 0 heterocycles. The normalized spacial score (nSPS) is 12.2. The molecule has 1 N–H and O–H groups in total. The fourth-order valence-corrected chi connectivity index (χ4v) is 3.05. The lowest BCUT2D eigenvalue weighted by molar-refractivity contribution is -0.385. The minimum atomic E-state index is -4.98. The van der Waals surface area contributed by atoms with E-state index in [1.807, 2.05) is 0 Å². The number of halogens is 3. The van der Waals surface area contributed by atoms with E-state index in [1.165, 1.54) is 0 Å². The van der Waals surface area contributed by atoms with Gasteiger partial charge >= 0.3 is 6.18 Å². The number of rotatable bonds is 6. The molecule has 0 saturated heterocycles. The Balaban J connectivity index is 3.35. The topological polar surface area (TPSA) is 106 Å². The lowest BCUT2D eigenvalue weighted by Gasteiger charge is -2.14. The van der Waals surface area contributed by atoms with Crippen LogP contribution in [0.5, 0.6) is 0 Å². The van der Waals surface area contributed by atoms with Gasteiger partial charge in [-0.15, -0.1) is 0 Å². The average Bonchev–Trinajstić information content (AvgIpc) is 2.46. The number of hydrogen-bond donors (Lipinski definition) is 1. The molecule has 0 aliphatic rings. The maximum absolute atomic E-state index is 12.8. The molecule has 0 saturated carbocycles. The highest BCUT2D eigenvalue weighted by Crippen LogP contribution is 2.33. The minimum absolute atomic E-state index is 0.224. The van der Waals surface area contributed by atoms with Crippen LogP contribution in [-0.2, 0) is 21.0 Å². The van der Waals surface area contributed by atoms with Gasteiger partial charge in [0.05, 0.1) is 15.4 Å². The summed E-state index contributed by atoms with van der Waals surface area (Å²) in [6.07, 6.45) is -4.31. The predicted octanol–water partition coefficient (Wildman–Crippen LogP) is 2.85. The van der Waals surface area contributed by atoms with Crippen molar-refractivity contribution in [3.05, 3.63) is 33.9 Å². The Morgan fingerprint density at radius 3 is 2.21 bits per heavy atom. The fourth-order valence-electron chi connectivity index (χ4n) is 1.94. The molecule has 1 amide bonds. The Labute approximate surface area is 136 Å². The number of nitrogens with one attached hydrogen (secondary N) is 1. The summed E-state index contributed by atoms with van der Waals surface area (Å²) in [6.45, 7) is 3.30. The number of carbonyl (C=O) groups is 1. The summed E-state index contributed by atoms with van der Waals surface area (Å²) in [6, 6.07) is 0.939. The van der Waals surface area contributed by atoms with E-state index in [2.05, 4.69) is 0 Å². The predicted molar refractivity (Wildman–Crippen MR) is 77.5 cm³/mol. The zero-order chi connectivity index (χ0) is 18.7. The van der Waals surface area contributed by atoms with Crippen LogP contribution in [0, 0.1) is 16.0 Å². The average molecular weight is 368 g/mol. The summed E-state index contributed by atoms with van der Waals surface area (Å²) >= 11 is 0. The highest BCUT2D eigenvalue weighted by atomic mass is 32.2. The van der Waals surface area contributed by atoms with Gasteiger partial charge in [-0.3, -0.25) is 14.9 Å². The number of nitro groups is 1. The van der Waals surface area contributed by atoms with Crippen LogP contribution in [0.2, 0.25) is 0 Å². The van der Waals surface area contributed by atoms with Crippen molar-refractivity contribution < 1.29 is 31.3 Å². The largest absolute Gasteiger partial charge is 0.416 e. The highest BCUT2D eigenvalue weighted by Gasteiger charge is 2.35. The molecule has 1 rings (SSSR count). The highest BCUT2D eigenvalue weighted by molar-refractivity contribution is 7.90. The Morgan fingerprint density at radius 1 is 1.25 bits per heavy atom. The number of nitro benzene ring substituents is 1. The summed E-state index contributed by atoms with van der Waals surface area (Å²) in [5.41, 5.74) is -2.53. The number of alkyl halides is 3. The van der Waals surface area contributed by atoms with Crippen LogP contribution in [0.25, 0.3) is 0 Å². The minimum Gasteiger partial charge on any atom is -0.274 e. The number of benzene rings is 1. The zero-order valence-electron chi connectivity index (χ0n) is 12.8. The first kappa shape index (κ1) is 19.9. The molecule has 0 fully saturated rings. The first-order chi connectivity index (χ1) is 10.9. The van der Waals surface area contributed by atoms with Gasteiger partial charge in [-0.05, 0) is 18.9 Å². The third-order valence-electron chi connectivity index (χ3n) is 3.33. The van der Waals surface area contributed by atoms with Crippen molar-refractivity contribution in [1.29, 1.82) is 0 Å². The van der Waals surface area contributed by atoms with E-state index in [4.69, 9.17) is 0 Å². The van der Waals surface area contributed by atoms with Crippen LogP contribution in [0.1, 0.15) is 32.3 Å². The van der Waals surface area contributed by atoms with Crippen LogP contribution >= 0.6 is 0 Å². The molecule has 134 valence electrons. The maximum Gasteiger partial charge on any atom is 0.416 e. The van der Waals surface area contributed by atoms with Gasteiger partial charge in [-0.25, -0.2) is 13.1 Å². The molecule has 0 aliphatic carbocycles. The number of sulfonamides is 1. The van der Waals surface area contributed by atoms with Gasteiger partial charge in [0.2, 0.25) is 5.91 Å². The SMILES string of the molecule is CCC(CC)C(=O)NS(=O)(=O)c1cc([N+](=O)[O-])cc(C(F)(F)F)c1. The summed E-state index contributed by atoms with van der Waals surface area (Å²) in [5, 5.41) is 10.7. The van der Waals surface area contributed by atoms with Crippen molar-refractivity contribution in [2.75, 3.05) is 0 Å². The molecule has 0 atom stereocenters. The van der Waals surface area contributed by atoms with E-state index in [-0.39, 0.29) is 12.1 Å². The molecule has 0 spiro atoms. The van der Waals surface area contributed by atoms with Crippen molar-refractivity contribution in [2.24, 2.45) is 5.92 Å². The van der Waals surface area contributed by atoms with E-state index < -0.39 is 49.1 Å². The molecule has 1 aromatic carbocycles. The zero-order valence-corrected chi connectivity index (χ0v) is 13.6. The molecular weight excluding hydrogens is 353 g/mol. The van der Waals surface area contributed by atoms with Gasteiger partial charge in [-0.1, -0.05) is 13.8 Å². The van der Waals surface area contributed by atoms with Crippen LogP contribution in [0.3, 0.4) is 0 Å². The van der Waals surface area contributed by atoms with E-state index in [0.717, 1.165) is 0 Å². The molecular formula is C13H15F3N2O5S. The standard InChI is InChI=1S/C13H15F3N2O5S/c1-3-8(4-2)12(19)17-24(22,23)11-6-9(13(14,15)16)5-10(7-11)18(20)21/h5-8H,3-4H2,1-2H3,(H,17,19). The van der Waals surface area contributed by atoms with Gasteiger partial charge < -0.3 is 0 Å². The second-order valence-corrected chi connectivity index (χ2v) is 6.64. The summed E-state index contributed by atoms with van der Waals surface area (Å²) in [7, 11) is -4.67. The second kappa shape index (κ2) is 7.16. The van der Waals surface area contributed by atoms with Gasteiger partial charge in [-0.2, -0.15) is 13.2 Å². The van der Waals surface area contributed by atoms with Crippen molar-refractivity contribution in [2.45, 2.75) is 37.8 Å². The van der Waals surface area contributed by atoms with Crippen molar-refractivity contribution in [3.63, 3.8) is 0 Å². The Morgan fingerprint density at radius 2 is 1.79 bits per heavy atom. The summed E-state index contributed by atoms with van der Waals surface area (Å²) < 4.78 is 64.3. The smallest absolute Gasteiger partial charge is 0.274 e. The third-order valence-corrected chi connectivity index (χ3v) is 4.66. The van der Waals surface area contributed by atoms with E-state index in [9.17, 15) is 36.5 Å². The number of non-ortho nitro benzene ring substituents is 1. The summed E-state index contributed by atoms with van der Waals surface area (Å²) in [4.78, 5) is 20.4. The molecule has 0 aliphatic heterocycles. The summed E-state index contributed by atoms with van der Waals surface area (Å²) in [5.74, 6) is -1.51. The first-order valence-electron chi connectivity index (χ1n) is 6.85. The number of nitrogens with zero attached hydrogens (tertiary/aromatic N) is 1. The van der Waals surface area contributed by atoms with Crippen LogP contribution in [0.4, 0.5) is 18.9 Å². The first-order valence-corrected chi connectivity index (χ1v) is 8.34.